The van der Waals surface area contributed by atoms with Crippen LogP contribution < -0.4 is 0 Å². The number of β-amino-alcohol motifs (C(OH)–C–C–N with tert-alkyl or cyclic N) is 1. The van der Waals surface area contributed by atoms with Crippen LogP contribution in [0.25, 0.3) is 0 Å². The van der Waals surface area contributed by atoms with Gasteiger partial charge in [-0.3, -0.25) is 14.7 Å². The van der Waals surface area contributed by atoms with Gasteiger partial charge in [-0.05, 0) is 74.0 Å². The van der Waals surface area contributed by atoms with Crippen molar-refractivity contribution in [1.82, 2.24) is 14.8 Å². The Morgan fingerprint density at radius 2 is 2.07 bits per heavy atom. The number of carbonyl (C=O) groups is 1. The normalized spacial score (nSPS) is 22.0. The van der Waals surface area contributed by atoms with Crippen molar-refractivity contribution in [1.29, 1.82) is 0 Å². The molecule has 154 valence electrons. The second-order valence-electron chi connectivity index (χ2n) is 8.60. The van der Waals surface area contributed by atoms with Crippen LogP contribution in [0.3, 0.4) is 0 Å². The summed E-state index contributed by atoms with van der Waals surface area (Å²) in [6, 6.07) is 9.61. The number of hydrogen-bond donors (Lipinski definition) is 1. The van der Waals surface area contributed by atoms with E-state index >= 15 is 0 Å². The van der Waals surface area contributed by atoms with Crippen molar-refractivity contribution in [3.63, 3.8) is 0 Å². The van der Waals surface area contributed by atoms with E-state index in [9.17, 15) is 9.90 Å². The molecule has 0 saturated carbocycles. The van der Waals surface area contributed by atoms with Gasteiger partial charge in [0, 0.05) is 37.1 Å². The Kier molecular flexibility index (Phi) is 5.91. The number of halogens is 1. The Bertz CT molecular complexity index is 845. The molecule has 5 nitrogen and oxygen atoms in total. The summed E-state index contributed by atoms with van der Waals surface area (Å²) in [6.07, 6.45) is 5.52. The molecule has 1 aromatic carbocycles. The van der Waals surface area contributed by atoms with Gasteiger partial charge in [0.1, 0.15) is 0 Å². The van der Waals surface area contributed by atoms with Crippen molar-refractivity contribution in [2.75, 3.05) is 26.2 Å². The summed E-state index contributed by atoms with van der Waals surface area (Å²) in [7, 11) is 0. The molecule has 2 fully saturated rings. The number of pyridine rings is 1. The van der Waals surface area contributed by atoms with E-state index in [-0.39, 0.29) is 11.3 Å². The van der Waals surface area contributed by atoms with Crippen molar-refractivity contribution >= 4 is 17.5 Å². The lowest BCUT2D eigenvalue weighted by atomic mass is 9.71. The summed E-state index contributed by atoms with van der Waals surface area (Å²) >= 11 is 6.41. The minimum Gasteiger partial charge on any atom is -0.391 e. The maximum Gasteiger partial charge on any atom is 0.255 e. The summed E-state index contributed by atoms with van der Waals surface area (Å²) < 4.78 is 0. The van der Waals surface area contributed by atoms with Crippen molar-refractivity contribution in [3.05, 3.63) is 64.4 Å². The van der Waals surface area contributed by atoms with Gasteiger partial charge >= 0.3 is 0 Å². The molecule has 1 unspecified atom stereocenters. The van der Waals surface area contributed by atoms with Crippen LogP contribution in [0.2, 0.25) is 5.02 Å². The molecule has 2 aliphatic heterocycles. The number of benzene rings is 1. The number of piperidine rings is 2. The zero-order chi connectivity index (χ0) is 20.4. The van der Waals surface area contributed by atoms with Crippen LogP contribution in [-0.4, -0.2) is 58.1 Å². The number of aryl methyl sites for hydroxylation is 1. The van der Waals surface area contributed by atoms with Crippen LogP contribution in [-0.2, 0) is 6.54 Å². The fourth-order valence-electron chi connectivity index (χ4n) is 4.82. The minimum atomic E-state index is -0.471. The maximum absolute atomic E-state index is 12.9. The third-order valence-corrected chi connectivity index (χ3v) is 6.83. The molecule has 1 atom stereocenters. The number of aromatic nitrogens is 1. The third-order valence-electron chi connectivity index (χ3n) is 6.47. The first kappa shape index (κ1) is 20.3. The minimum absolute atomic E-state index is 0.0123. The predicted octanol–water partition coefficient (Wildman–Crippen LogP) is 3.53. The van der Waals surface area contributed by atoms with E-state index in [1.807, 2.05) is 17.0 Å². The highest BCUT2D eigenvalue weighted by Gasteiger charge is 2.43. The van der Waals surface area contributed by atoms with E-state index in [0.717, 1.165) is 43.9 Å². The number of amides is 1. The average Bonchev–Trinajstić information content (AvgIpc) is 2.72. The van der Waals surface area contributed by atoms with E-state index < -0.39 is 6.10 Å². The molecular formula is C23H28ClN3O2. The first-order valence-electron chi connectivity index (χ1n) is 10.3. The first-order valence-corrected chi connectivity index (χ1v) is 10.7. The van der Waals surface area contributed by atoms with Crippen LogP contribution in [0.5, 0.6) is 0 Å². The molecule has 0 radical (unpaired) electrons. The van der Waals surface area contributed by atoms with Gasteiger partial charge in [-0.2, -0.15) is 0 Å². The molecule has 2 aromatic rings. The van der Waals surface area contributed by atoms with E-state index in [1.54, 1.807) is 24.5 Å². The fourth-order valence-corrected chi connectivity index (χ4v) is 5.10. The Morgan fingerprint density at radius 3 is 2.76 bits per heavy atom. The summed E-state index contributed by atoms with van der Waals surface area (Å²) in [5, 5.41) is 11.4. The lowest BCUT2D eigenvalue weighted by Crippen LogP contribution is -2.55. The molecule has 2 saturated heterocycles. The predicted molar refractivity (Wildman–Crippen MR) is 114 cm³/mol. The second kappa shape index (κ2) is 8.42. The van der Waals surface area contributed by atoms with Gasteiger partial charge in [0.05, 0.1) is 11.7 Å². The molecule has 0 aliphatic carbocycles. The number of aliphatic hydroxyl groups excluding tert-OH is 1. The van der Waals surface area contributed by atoms with E-state index in [1.165, 1.54) is 11.1 Å². The Balaban J connectivity index is 1.42. The second-order valence-corrected chi connectivity index (χ2v) is 9.00. The zero-order valence-corrected chi connectivity index (χ0v) is 17.6. The molecule has 1 spiro atoms. The molecule has 1 amide bonds. The molecule has 6 heteroatoms. The van der Waals surface area contributed by atoms with Gasteiger partial charge in [-0.15, -0.1) is 0 Å². The first-order chi connectivity index (χ1) is 14.0. The number of likely N-dealkylation sites (tertiary alicyclic amines) is 2. The number of rotatable bonds is 3. The van der Waals surface area contributed by atoms with Crippen molar-refractivity contribution < 1.29 is 9.90 Å². The van der Waals surface area contributed by atoms with Crippen LogP contribution in [0, 0.1) is 12.3 Å². The highest BCUT2D eigenvalue weighted by atomic mass is 35.5. The van der Waals surface area contributed by atoms with Crippen LogP contribution >= 0.6 is 11.6 Å². The van der Waals surface area contributed by atoms with Crippen LogP contribution in [0.4, 0.5) is 0 Å². The molecular weight excluding hydrogens is 386 g/mol. The van der Waals surface area contributed by atoms with Crippen molar-refractivity contribution in [2.45, 2.75) is 38.8 Å². The summed E-state index contributed by atoms with van der Waals surface area (Å²) in [5.41, 5.74) is 2.99. The fraction of sp³-hybridized carbons (Fsp3) is 0.478. The van der Waals surface area contributed by atoms with Gasteiger partial charge in [-0.25, -0.2) is 0 Å². The standard InChI is InChI=1S/C23H28ClN3O2/c1-17-4-2-6-21(24)20(17)15-26-10-7-23(8-11-26)12-19(28)14-27(16-23)22(29)18-5-3-9-25-13-18/h2-6,9,13,19,28H,7-8,10-12,14-16H2,1H3. The monoisotopic (exact) mass is 413 g/mol. The number of aliphatic hydroxyl groups is 1. The summed E-state index contributed by atoms with van der Waals surface area (Å²) in [5.74, 6) is -0.0367. The molecule has 29 heavy (non-hydrogen) atoms. The topological polar surface area (TPSA) is 56.7 Å². The highest BCUT2D eigenvalue weighted by molar-refractivity contribution is 6.31. The van der Waals surface area contributed by atoms with E-state index in [2.05, 4.69) is 22.9 Å². The van der Waals surface area contributed by atoms with Crippen LogP contribution in [0.15, 0.2) is 42.7 Å². The Hall–Kier alpha value is -1.95. The molecule has 3 heterocycles. The largest absolute Gasteiger partial charge is 0.391 e. The zero-order valence-electron chi connectivity index (χ0n) is 16.9. The van der Waals surface area contributed by atoms with Gasteiger partial charge < -0.3 is 10.0 Å². The van der Waals surface area contributed by atoms with Gasteiger partial charge in [0.2, 0.25) is 0 Å². The Labute approximate surface area is 177 Å². The van der Waals surface area contributed by atoms with Crippen LogP contribution in [0.1, 0.15) is 40.7 Å². The molecule has 2 aliphatic rings. The van der Waals surface area contributed by atoms with Crippen molar-refractivity contribution in [3.8, 4) is 0 Å². The molecule has 0 bridgehead atoms. The van der Waals surface area contributed by atoms with Gasteiger partial charge in [0.15, 0.2) is 0 Å². The third kappa shape index (κ3) is 4.47. The molecule has 1 aromatic heterocycles. The van der Waals surface area contributed by atoms with E-state index in [0.29, 0.717) is 18.7 Å². The van der Waals surface area contributed by atoms with E-state index in [4.69, 9.17) is 11.6 Å². The lowest BCUT2D eigenvalue weighted by molar-refractivity contribution is -0.0337. The number of nitrogens with zero attached hydrogens (tertiary/aromatic N) is 3. The van der Waals surface area contributed by atoms with Gasteiger partial charge in [0.25, 0.3) is 5.91 Å². The smallest absolute Gasteiger partial charge is 0.255 e. The Morgan fingerprint density at radius 1 is 1.28 bits per heavy atom. The summed E-state index contributed by atoms with van der Waals surface area (Å²) in [6.45, 7) is 5.96. The SMILES string of the molecule is Cc1cccc(Cl)c1CN1CCC2(CC1)CC(O)CN(C(=O)c1cccnc1)C2. The number of hydrogen-bond acceptors (Lipinski definition) is 4. The molecule has 1 N–H and O–H groups in total. The van der Waals surface area contributed by atoms with Crippen molar-refractivity contribution in [2.24, 2.45) is 5.41 Å². The maximum atomic E-state index is 12.9. The lowest BCUT2D eigenvalue weighted by Gasteiger charge is -2.49. The number of carbonyl (C=O) groups excluding carboxylic acids is 1. The van der Waals surface area contributed by atoms with Gasteiger partial charge in [-0.1, -0.05) is 23.7 Å². The average molecular weight is 414 g/mol. The highest BCUT2D eigenvalue weighted by Crippen LogP contribution is 2.41. The quantitative estimate of drug-likeness (QED) is 0.836. The molecule has 4 rings (SSSR count). The summed E-state index contributed by atoms with van der Waals surface area (Å²) in [4.78, 5) is 21.2.